The molecule has 0 heterocycles. The van der Waals surface area contributed by atoms with E-state index < -0.39 is 0 Å². The quantitative estimate of drug-likeness (QED) is 0.570. The van der Waals surface area contributed by atoms with Gasteiger partial charge in [-0.15, -0.1) is 0 Å². The van der Waals surface area contributed by atoms with Crippen molar-refractivity contribution >= 4 is 0 Å². The molecule has 1 N–H and O–H groups in total. The lowest BCUT2D eigenvalue weighted by atomic mass is 10.2. The van der Waals surface area contributed by atoms with Crippen LogP contribution in [0.2, 0.25) is 0 Å². The fraction of sp³-hybridized carbons (Fsp3) is 0.429. The molecule has 18 heavy (non-hydrogen) atoms. The van der Waals surface area contributed by atoms with Gasteiger partial charge in [0, 0.05) is 25.8 Å². The van der Waals surface area contributed by atoms with Crippen LogP contribution >= 0.6 is 0 Å². The molecule has 0 aromatic heterocycles. The summed E-state index contributed by atoms with van der Waals surface area (Å²) in [5.41, 5.74) is 0.791. The Kier molecular flexibility index (Phi) is 6.39. The van der Waals surface area contributed by atoms with Crippen LogP contribution < -0.4 is 10.1 Å². The van der Waals surface area contributed by atoms with E-state index in [9.17, 15) is 4.39 Å². The van der Waals surface area contributed by atoms with Gasteiger partial charge in [-0.3, -0.25) is 0 Å². The Morgan fingerprint density at radius 1 is 1.50 bits per heavy atom. The standard InChI is InChI=1S/C14H20FNO2/c1-4-11(2)18-14-12(6-5-7-13(14)15)10-16-8-9-17-3/h4-7,11,16H,1,8-10H2,2-3H3. The van der Waals surface area contributed by atoms with Crippen LogP contribution in [0.5, 0.6) is 5.75 Å². The fourth-order valence-corrected chi connectivity index (χ4v) is 1.46. The molecule has 4 heteroatoms. The molecule has 0 aliphatic carbocycles. The van der Waals surface area contributed by atoms with Crippen molar-refractivity contribution in [3.05, 3.63) is 42.2 Å². The molecule has 1 rings (SSSR count). The highest BCUT2D eigenvalue weighted by Gasteiger charge is 2.11. The largest absolute Gasteiger partial charge is 0.483 e. The number of nitrogens with one attached hydrogen (secondary N) is 1. The molecule has 0 saturated carbocycles. The van der Waals surface area contributed by atoms with Crippen molar-refractivity contribution in [1.82, 2.24) is 5.32 Å². The number of para-hydroxylation sites is 1. The smallest absolute Gasteiger partial charge is 0.165 e. The minimum Gasteiger partial charge on any atom is -0.483 e. The third-order valence-electron chi connectivity index (χ3n) is 2.48. The maximum atomic E-state index is 13.7. The first-order valence-corrected chi connectivity index (χ1v) is 5.95. The van der Waals surface area contributed by atoms with Gasteiger partial charge in [-0.2, -0.15) is 0 Å². The average molecular weight is 253 g/mol. The van der Waals surface area contributed by atoms with Gasteiger partial charge >= 0.3 is 0 Å². The molecule has 3 nitrogen and oxygen atoms in total. The second-order valence-electron chi connectivity index (χ2n) is 3.96. The SMILES string of the molecule is C=CC(C)Oc1c(F)cccc1CNCCOC. The minimum absolute atomic E-state index is 0.223. The Hall–Kier alpha value is -1.39. The van der Waals surface area contributed by atoms with Crippen molar-refractivity contribution in [3.8, 4) is 5.75 Å². The predicted octanol–water partition coefficient (Wildman–Crippen LogP) is 2.52. The molecular weight excluding hydrogens is 233 g/mol. The van der Waals surface area contributed by atoms with Crippen LogP contribution in [-0.4, -0.2) is 26.4 Å². The van der Waals surface area contributed by atoms with Crippen LogP contribution in [0.15, 0.2) is 30.9 Å². The van der Waals surface area contributed by atoms with Gasteiger partial charge in [0.25, 0.3) is 0 Å². The first kappa shape index (κ1) is 14.7. The monoisotopic (exact) mass is 253 g/mol. The van der Waals surface area contributed by atoms with E-state index in [4.69, 9.17) is 9.47 Å². The lowest BCUT2D eigenvalue weighted by Crippen LogP contribution is -2.20. The van der Waals surface area contributed by atoms with Gasteiger partial charge in [0.15, 0.2) is 11.6 Å². The predicted molar refractivity (Wildman–Crippen MR) is 70.3 cm³/mol. The van der Waals surface area contributed by atoms with E-state index in [0.29, 0.717) is 19.7 Å². The zero-order valence-electron chi connectivity index (χ0n) is 10.9. The molecular formula is C14H20FNO2. The molecule has 1 unspecified atom stereocenters. The molecule has 100 valence electrons. The summed E-state index contributed by atoms with van der Waals surface area (Å²) in [6.45, 7) is 7.32. The van der Waals surface area contributed by atoms with E-state index in [2.05, 4.69) is 11.9 Å². The summed E-state index contributed by atoms with van der Waals surface area (Å²) >= 11 is 0. The van der Waals surface area contributed by atoms with Crippen molar-refractivity contribution < 1.29 is 13.9 Å². The van der Waals surface area contributed by atoms with Crippen molar-refractivity contribution in [1.29, 1.82) is 0 Å². The summed E-state index contributed by atoms with van der Waals surface area (Å²) < 4.78 is 24.2. The lowest BCUT2D eigenvalue weighted by Gasteiger charge is -2.15. The van der Waals surface area contributed by atoms with E-state index in [-0.39, 0.29) is 17.7 Å². The Morgan fingerprint density at radius 2 is 2.28 bits per heavy atom. The van der Waals surface area contributed by atoms with Crippen LogP contribution in [0, 0.1) is 5.82 Å². The number of halogens is 1. The van der Waals surface area contributed by atoms with E-state index in [1.807, 2.05) is 13.0 Å². The molecule has 1 atom stereocenters. The second-order valence-corrected chi connectivity index (χ2v) is 3.96. The van der Waals surface area contributed by atoms with Gasteiger partial charge < -0.3 is 14.8 Å². The maximum absolute atomic E-state index is 13.7. The van der Waals surface area contributed by atoms with Crippen molar-refractivity contribution in [2.75, 3.05) is 20.3 Å². The third-order valence-corrected chi connectivity index (χ3v) is 2.48. The highest BCUT2D eigenvalue weighted by Crippen LogP contribution is 2.23. The Morgan fingerprint density at radius 3 is 2.94 bits per heavy atom. The summed E-state index contributed by atoms with van der Waals surface area (Å²) in [5, 5.41) is 3.16. The molecule has 0 amide bonds. The summed E-state index contributed by atoms with van der Waals surface area (Å²) in [7, 11) is 1.64. The number of hydrogen-bond donors (Lipinski definition) is 1. The van der Waals surface area contributed by atoms with Gasteiger partial charge in [-0.1, -0.05) is 24.8 Å². The third kappa shape index (κ3) is 4.47. The summed E-state index contributed by atoms with van der Waals surface area (Å²) in [5.74, 6) is -0.0652. The topological polar surface area (TPSA) is 30.5 Å². The normalized spacial score (nSPS) is 12.2. The van der Waals surface area contributed by atoms with Crippen LogP contribution in [0.1, 0.15) is 12.5 Å². The number of rotatable bonds is 8. The molecule has 1 aromatic rings. The molecule has 0 spiro atoms. The van der Waals surface area contributed by atoms with Gasteiger partial charge in [-0.25, -0.2) is 4.39 Å². The highest BCUT2D eigenvalue weighted by atomic mass is 19.1. The summed E-state index contributed by atoms with van der Waals surface area (Å²) in [6, 6.07) is 4.91. The lowest BCUT2D eigenvalue weighted by molar-refractivity contribution is 0.198. The van der Waals surface area contributed by atoms with E-state index in [1.54, 1.807) is 19.3 Å². The Bertz CT molecular complexity index is 382. The average Bonchev–Trinajstić information content (AvgIpc) is 2.38. The zero-order chi connectivity index (χ0) is 13.4. The zero-order valence-corrected chi connectivity index (χ0v) is 10.9. The van der Waals surface area contributed by atoms with Crippen molar-refractivity contribution in [3.63, 3.8) is 0 Å². The van der Waals surface area contributed by atoms with E-state index in [1.165, 1.54) is 6.07 Å². The fourth-order valence-electron chi connectivity index (χ4n) is 1.46. The number of methoxy groups -OCH3 is 1. The molecule has 0 fully saturated rings. The molecule has 0 radical (unpaired) electrons. The molecule has 0 bridgehead atoms. The van der Waals surface area contributed by atoms with E-state index in [0.717, 1.165) is 5.56 Å². The van der Waals surface area contributed by atoms with Crippen LogP contribution in [0.25, 0.3) is 0 Å². The highest BCUT2D eigenvalue weighted by molar-refractivity contribution is 5.35. The second kappa shape index (κ2) is 7.84. The van der Waals surface area contributed by atoms with Gasteiger partial charge in [0.05, 0.1) is 6.61 Å². The number of benzene rings is 1. The summed E-state index contributed by atoms with van der Waals surface area (Å²) in [6.07, 6.45) is 1.41. The number of hydrogen-bond acceptors (Lipinski definition) is 3. The maximum Gasteiger partial charge on any atom is 0.165 e. The van der Waals surface area contributed by atoms with Gasteiger partial charge in [-0.05, 0) is 13.0 Å². The van der Waals surface area contributed by atoms with E-state index >= 15 is 0 Å². The molecule has 0 aliphatic heterocycles. The first-order chi connectivity index (χ1) is 8.69. The van der Waals surface area contributed by atoms with Crippen LogP contribution in [0.3, 0.4) is 0 Å². The Labute approximate surface area is 108 Å². The minimum atomic E-state index is -0.352. The van der Waals surface area contributed by atoms with Crippen molar-refractivity contribution in [2.45, 2.75) is 19.6 Å². The van der Waals surface area contributed by atoms with Gasteiger partial charge in [0.1, 0.15) is 6.10 Å². The first-order valence-electron chi connectivity index (χ1n) is 5.95. The molecule has 1 aromatic carbocycles. The summed E-state index contributed by atoms with van der Waals surface area (Å²) in [4.78, 5) is 0. The van der Waals surface area contributed by atoms with Crippen molar-refractivity contribution in [2.24, 2.45) is 0 Å². The Balaban J connectivity index is 2.70. The molecule has 0 saturated heterocycles. The molecule has 0 aliphatic rings. The number of ether oxygens (including phenoxy) is 2. The van der Waals surface area contributed by atoms with Crippen LogP contribution in [0.4, 0.5) is 4.39 Å². The van der Waals surface area contributed by atoms with Crippen LogP contribution in [-0.2, 0) is 11.3 Å². The van der Waals surface area contributed by atoms with Gasteiger partial charge in [0.2, 0.25) is 0 Å².